The quantitative estimate of drug-likeness (QED) is 0.574. The zero-order valence-electron chi connectivity index (χ0n) is 15.2. The molecule has 28 heavy (non-hydrogen) atoms. The van der Waals surface area contributed by atoms with Crippen LogP contribution in [-0.2, 0) is 0 Å². The summed E-state index contributed by atoms with van der Waals surface area (Å²) in [4.78, 5) is 18.2. The van der Waals surface area contributed by atoms with Crippen molar-refractivity contribution in [3.8, 4) is 11.5 Å². The molecule has 0 saturated carbocycles. The number of anilines is 1. The van der Waals surface area contributed by atoms with E-state index in [1.807, 2.05) is 38.1 Å². The summed E-state index contributed by atoms with van der Waals surface area (Å²) in [6, 6.07) is 9.52. The number of rotatable bonds is 4. The summed E-state index contributed by atoms with van der Waals surface area (Å²) in [5.41, 5.74) is 3.69. The molecule has 4 aromatic rings. The summed E-state index contributed by atoms with van der Waals surface area (Å²) in [7, 11) is 0. The minimum absolute atomic E-state index is 0.292. The van der Waals surface area contributed by atoms with E-state index in [4.69, 9.17) is 11.6 Å². The zero-order valence-corrected chi connectivity index (χ0v) is 15.9. The number of hydrogen-bond acceptors (Lipinski definition) is 5. The molecule has 1 N–H and O–H groups in total. The molecule has 0 bridgehead atoms. The molecule has 8 nitrogen and oxygen atoms in total. The first-order valence-corrected chi connectivity index (χ1v) is 8.86. The van der Waals surface area contributed by atoms with Gasteiger partial charge in [0, 0.05) is 0 Å². The van der Waals surface area contributed by atoms with E-state index in [0.717, 1.165) is 16.9 Å². The predicted octanol–water partition coefficient (Wildman–Crippen LogP) is 3.37. The lowest BCUT2D eigenvalue weighted by atomic mass is 10.2. The van der Waals surface area contributed by atoms with Crippen molar-refractivity contribution >= 4 is 23.2 Å². The van der Waals surface area contributed by atoms with Crippen LogP contribution in [0, 0.1) is 13.8 Å². The molecule has 3 aromatic heterocycles. The second kappa shape index (κ2) is 7.24. The minimum Gasteiger partial charge on any atom is -0.320 e. The number of nitrogens with one attached hydrogen (secondary N) is 1. The molecule has 0 aliphatic heterocycles. The van der Waals surface area contributed by atoms with Crippen molar-refractivity contribution in [3.63, 3.8) is 0 Å². The van der Waals surface area contributed by atoms with E-state index in [9.17, 15) is 4.79 Å². The average Bonchev–Trinajstić information content (AvgIpc) is 3.31. The first kappa shape index (κ1) is 17.9. The van der Waals surface area contributed by atoms with E-state index < -0.39 is 0 Å². The first-order valence-electron chi connectivity index (χ1n) is 8.48. The van der Waals surface area contributed by atoms with Gasteiger partial charge in [-0.25, -0.2) is 9.67 Å². The first-order chi connectivity index (χ1) is 13.5. The van der Waals surface area contributed by atoms with Crippen molar-refractivity contribution < 1.29 is 4.79 Å². The number of aryl methyl sites for hydroxylation is 1. The van der Waals surface area contributed by atoms with Crippen molar-refractivity contribution in [2.45, 2.75) is 13.8 Å². The van der Waals surface area contributed by atoms with Crippen molar-refractivity contribution in [3.05, 3.63) is 77.0 Å². The molecule has 9 heteroatoms. The summed E-state index contributed by atoms with van der Waals surface area (Å²) in [6.07, 6.45) is 6.11. The van der Waals surface area contributed by atoms with Crippen LogP contribution in [0.25, 0.3) is 11.5 Å². The summed E-state index contributed by atoms with van der Waals surface area (Å²) in [5, 5.41) is 15.5. The Morgan fingerprint density at radius 1 is 1.07 bits per heavy atom. The number of halogens is 1. The minimum atomic E-state index is -0.292. The highest BCUT2D eigenvalue weighted by Crippen LogP contribution is 2.22. The second-order valence-corrected chi connectivity index (χ2v) is 6.60. The fourth-order valence-corrected chi connectivity index (χ4v) is 3.06. The Morgan fingerprint density at radius 3 is 2.57 bits per heavy atom. The maximum absolute atomic E-state index is 12.7. The van der Waals surface area contributed by atoms with Crippen LogP contribution < -0.4 is 5.32 Å². The smallest absolute Gasteiger partial charge is 0.259 e. The van der Waals surface area contributed by atoms with Crippen LogP contribution in [0.2, 0.25) is 5.02 Å². The van der Waals surface area contributed by atoms with Gasteiger partial charge in [-0.2, -0.15) is 15.3 Å². The van der Waals surface area contributed by atoms with Crippen molar-refractivity contribution in [1.29, 1.82) is 0 Å². The third kappa shape index (κ3) is 3.37. The van der Waals surface area contributed by atoms with Gasteiger partial charge in [0.05, 0.1) is 52.4 Å². The van der Waals surface area contributed by atoms with Gasteiger partial charge in [0.25, 0.3) is 5.91 Å². The van der Waals surface area contributed by atoms with Crippen LogP contribution in [0.4, 0.5) is 5.69 Å². The van der Waals surface area contributed by atoms with Gasteiger partial charge < -0.3 is 5.32 Å². The van der Waals surface area contributed by atoms with E-state index in [-0.39, 0.29) is 5.91 Å². The van der Waals surface area contributed by atoms with E-state index in [1.165, 1.54) is 23.4 Å². The van der Waals surface area contributed by atoms with Gasteiger partial charge in [-0.1, -0.05) is 23.7 Å². The number of aromatic nitrogens is 6. The lowest BCUT2D eigenvalue weighted by Gasteiger charge is -2.08. The van der Waals surface area contributed by atoms with Crippen LogP contribution in [0.1, 0.15) is 21.6 Å². The predicted molar refractivity (Wildman–Crippen MR) is 105 cm³/mol. The fraction of sp³-hybridized carbons (Fsp3) is 0.105. The van der Waals surface area contributed by atoms with Gasteiger partial charge in [0.2, 0.25) is 0 Å². The van der Waals surface area contributed by atoms with Gasteiger partial charge >= 0.3 is 0 Å². The standard InChI is InChI=1S/C19H16ClN7O/c1-12-4-3-5-15(8-12)26-13(2)16(11-24-26)19(28)25-14-9-17(20)18(21-10-14)27-22-6-7-23-27/h3-11H,1-2H3,(H,25,28). The van der Waals surface area contributed by atoms with Gasteiger partial charge in [0.15, 0.2) is 5.82 Å². The summed E-state index contributed by atoms with van der Waals surface area (Å²) >= 11 is 6.25. The Hall–Kier alpha value is -3.52. The summed E-state index contributed by atoms with van der Waals surface area (Å²) < 4.78 is 1.74. The summed E-state index contributed by atoms with van der Waals surface area (Å²) in [6.45, 7) is 3.86. The Bertz CT molecular complexity index is 1150. The molecule has 140 valence electrons. The number of pyridine rings is 1. The molecular weight excluding hydrogens is 378 g/mol. The maximum Gasteiger partial charge on any atom is 0.259 e. The molecule has 3 heterocycles. The van der Waals surface area contributed by atoms with Gasteiger partial charge in [-0.05, 0) is 37.6 Å². The van der Waals surface area contributed by atoms with Crippen LogP contribution in [0.15, 0.2) is 55.1 Å². The molecule has 0 atom stereocenters. The molecule has 0 aliphatic rings. The number of carbonyl (C=O) groups is 1. The van der Waals surface area contributed by atoms with E-state index in [2.05, 4.69) is 25.6 Å². The molecule has 0 radical (unpaired) electrons. The van der Waals surface area contributed by atoms with Crippen LogP contribution in [-0.4, -0.2) is 35.7 Å². The molecule has 0 saturated heterocycles. The second-order valence-electron chi connectivity index (χ2n) is 6.20. The third-order valence-corrected chi connectivity index (χ3v) is 4.47. The largest absolute Gasteiger partial charge is 0.320 e. The molecule has 4 rings (SSSR count). The number of benzene rings is 1. The average molecular weight is 394 g/mol. The molecule has 0 spiro atoms. The Morgan fingerprint density at radius 2 is 1.86 bits per heavy atom. The van der Waals surface area contributed by atoms with Gasteiger partial charge in [-0.3, -0.25) is 4.79 Å². The summed E-state index contributed by atoms with van der Waals surface area (Å²) in [5.74, 6) is 0.0901. The molecule has 1 aromatic carbocycles. The van der Waals surface area contributed by atoms with Gasteiger partial charge in [-0.15, -0.1) is 4.80 Å². The lowest BCUT2D eigenvalue weighted by molar-refractivity contribution is 0.102. The van der Waals surface area contributed by atoms with Crippen molar-refractivity contribution in [1.82, 2.24) is 29.8 Å². The molecule has 0 fully saturated rings. The van der Waals surface area contributed by atoms with Crippen LogP contribution in [0.5, 0.6) is 0 Å². The van der Waals surface area contributed by atoms with Crippen molar-refractivity contribution in [2.75, 3.05) is 5.32 Å². The SMILES string of the molecule is Cc1cccc(-n2ncc(C(=O)Nc3cnc(-n4nccn4)c(Cl)c3)c2C)c1. The highest BCUT2D eigenvalue weighted by Gasteiger charge is 2.16. The maximum atomic E-state index is 12.7. The van der Waals surface area contributed by atoms with Crippen molar-refractivity contribution in [2.24, 2.45) is 0 Å². The molecule has 0 aliphatic carbocycles. The number of carbonyl (C=O) groups excluding carboxylic acids is 1. The van der Waals surface area contributed by atoms with Crippen LogP contribution in [0.3, 0.4) is 0 Å². The lowest BCUT2D eigenvalue weighted by Crippen LogP contribution is -2.14. The monoisotopic (exact) mass is 393 g/mol. The van der Waals surface area contributed by atoms with E-state index in [1.54, 1.807) is 16.9 Å². The number of hydrogen-bond donors (Lipinski definition) is 1. The number of amides is 1. The highest BCUT2D eigenvalue weighted by atomic mass is 35.5. The Kier molecular flexibility index (Phi) is 4.62. The number of nitrogens with zero attached hydrogens (tertiary/aromatic N) is 6. The molecule has 1 amide bonds. The topological polar surface area (TPSA) is 90.5 Å². The molecule has 0 unspecified atom stereocenters. The highest BCUT2D eigenvalue weighted by molar-refractivity contribution is 6.32. The van der Waals surface area contributed by atoms with Gasteiger partial charge in [0.1, 0.15) is 0 Å². The zero-order chi connectivity index (χ0) is 19.7. The van der Waals surface area contributed by atoms with E-state index >= 15 is 0 Å². The normalized spacial score (nSPS) is 10.8. The van der Waals surface area contributed by atoms with E-state index in [0.29, 0.717) is 22.1 Å². The molecular formula is C19H16ClN7O. The van der Waals surface area contributed by atoms with Crippen LogP contribution >= 0.6 is 11.6 Å². The fourth-order valence-electron chi connectivity index (χ4n) is 2.82. The Labute approximate surface area is 165 Å². The third-order valence-electron chi connectivity index (χ3n) is 4.19. The Balaban J connectivity index is 1.57.